The van der Waals surface area contributed by atoms with Crippen molar-refractivity contribution in [1.82, 2.24) is 0 Å². The second-order valence-corrected chi connectivity index (χ2v) is 4.64. The molecular formula is C15H14ClFO. The van der Waals surface area contributed by atoms with Crippen LogP contribution in [0.5, 0.6) is 5.75 Å². The van der Waals surface area contributed by atoms with Crippen LogP contribution in [0, 0.1) is 19.7 Å². The molecule has 1 nitrogen and oxygen atoms in total. The minimum absolute atomic E-state index is 0.106. The molecule has 94 valence electrons. The first-order chi connectivity index (χ1) is 8.58. The van der Waals surface area contributed by atoms with Crippen LogP contribution < -0.4 is 4.74 Å². The van der Waals surface area contributed by atoms with Crippen molar-refractivity contribution in [2.75, 3.05) is 0 Å². The third-order valence-corrected chi connectivity index (χ3v) is 3.23. The van der Waals surface area contributed by atoms with E-state index in [0.717, 1.165) is 5.56 Å². The molecule has 0 amide bonds. The van der Waals surface area contributed by atoms with E-state index in [1.165, 1.54) is 23.3 Å². The fourth-order valence-corrected chi connectivity index (χ4v) is 1.92. The first-order valence-corrected chi connectivity index (χ1v) is 6.08. The molecule has 3 heteroatoms. The maximum atomic E-state index is 13.3. The zero-order chi connectivity index (χ0) is 13.1. The average Bonchev–Trinajstić information content (AvgIpc) is 2.33. The lowest BCUT2D eigenvalue weighted by molar-refractivity contribution is 0.303. The van der Waals surface area contributed by atoms with Gasteiger partial charge in [0, 0.05) is 6.07 Å². The van der Waals surface area contributed by atoms with Crippen molar-refractivity contribution in [3.8, 4) is 5.75 Å². The Bertz CT molecular complexity index is 546. The quantitative estimate of drug-likeness (QED) is 0.782. The largest absolute Gasteiger partial charge is 0.489 e. The van der Waals surface area contributed by atoms with Crippen LogP contribution in [0.2, 0.25) is 5.02 Å². The Morgan fingerprint density at radius 3 is 2.39 bits per heavy atom. The normalized spacial score (nSPS) is 10.4. The predicted octanol–water partition coefficient (Wildman–Crippen LogP) is 4.67. The van der Waals surface area contributed by atoms with Crippen molar-refractivity contribution < 1.29 is 9.13 Å². The molecule has 18 heavy (non-hydrogen) atoms. The van der Waals surface area contributed by atoms with Crippen LogP contribution >= 0.6 is 11.6 Å². The van der Waals surface area contributed by atoms with Gasteiger partial charge in [-0.1, -0.05) is 29.8 Å². The molecule has 0 aliphatic rings. The van der Waals surface area contributed by atoms with E-state index >= 15 is 0 Å². The number of ether oxygens (including phenoxy) is 1. The zero-order valence-electron chi connectivity index (χ0n) is 10.3. The summed E-state index contributed by atoms with van der Waals surface area (Å²) in [6.07, 6.45) is 0. The standard InChI is InChI=1S/C15H14ClFO/c1-10-4-3-5-11(2)13(10)9-18-12-6-7-14(16)15(17)8-12/h3-8H,9H2,1-2H3. The van der Waals surface area contributed by atoms with Gasteiger partial charge in [-0.15, -0.1) is 0 Å². The Morgan fingerprint density at radius 2 is 1.78 bits per heavy atom. The maximum absolute atomic E-state index is 13.3. The van der Waals surface area contributed by atoms with E-state index in [1.807, 2.05) is 32.0 Å². The Balaban J connectivity index is 2.14. The highest BCUT2D eigenvalue weighted by molar-refractivity contribution is 6.30. The summed E-state index contributed by atoms with van der Waals surface area (Å²) in [4.78, 5) is 0. The van der Waals surface area contributed by atoms with E-state index in [0.29, 0.717) is 12.4 Å². The zero-order valence-corrected chi connectivity index (χ0v) is 11.1. The number of hydrogen-bond acceptors (Lipinski definition) is 1. The van der Waals surface area contributed by atoms with Gasteiger partial charge in [-0.3, -0.25) is 0 Å². The van der Waals surface area contributed by atoms with Crippen LogP contribution in [0.25, 0.3) is 0 Å². The molecule has 0 aliphatic carbocycles. The van der Waals surface area contributed by atoms with Crippen LogP contribution in [0.4, 0.5) is 4.39 Å². The highest BCUT2D eigenvalue weighted by Gasteiger charge is 2.05. The lowest BCUT2D eigenvalue weighted by Crippen LogP contribution is -2.00. The van der Waals surface area contributed by atoms with Crippen LogP contribution in [0.3, 0.4) is 0 Å². The lowest BCUT2D eigenvalue weighted by atomic mass is 10.0. The summed E-state index contributed by atoms with van der Waals surface area (Å²) in [5.74, 6) is 0.0234. The molecule has 2 rings (SSSR count). The summed E-state index contributed by atoms with van der Waals surface area (Å²) >= 11 is 5.62. The van der Waals surface area contributed by atoms with Crippen molar-refractivity contribution in [1.29, 1.82) is 0 Å². The first-order valence-electron chi connectivity index (χ1n) is 5.71. The molecule has 0 aliphatic heterocycles. The lowest BCUT2D eigenvalue weighted by Gasteiger charge is -2.11. The summed E-state index contributed by atoms with van der Waals surface area (Å²) in [6, 6.07) is 10.5. The Hall–Kier alpha value is -1.54. The molecule has 0 heterocycles. The van der Waals surface area contributed by atoms with E-state index in [9.17, 15) is 4.39 Å². The van der Waals surface area contributed by atoms with Crippen molar-refractivity contribution in [3.63, 3.8) is 0 Å². The second-order valence-electron chi connectivity index (χ2n) is 4.23. The summed E-state index contributed by atoms with van der Waals surface area (Å²) in [7, 11) is 0. The maximum Gasteiger partial charge on any atom is 0.145 e. The molecule has 0 atom stereocenters. The molecule has 0 unspecified atom stereocenters. The van der Waals surface area contributed by atoms with E-state index in [4.69, 9.17) is 16.3 Å². The molecule has 0 aromatic heterocycles. The van der Waals surface area contributed by atoms with Gasteiger partial charge < -0.3 is 4.74 Å². The average molecular weight is 265 g/mol. The van der Waals surface area contributed by atoms with E-state index in [1.54, 1.807) is 6.07 Å². The second kappa shape index (κ2) is 5.40. The summed E-state index contributed by atoms with van der Waals surface area (Å²) in [5.41, 5.74) is 3.47. The van der Waals surface area contributed by atoms with Gasteiger partial charge in [-0.25, -0.2) is 4.39 Å². The Morgan fingerprint density at radius 1 is 1.11 bits per heavy atom. The van der Waals surface area contributed by atoms with Crippen molar-refractivity contribution in [2.45, 2.75) is 20.5 Å². The third kappa shape index (κ3) is 2.82. The van der Waals surface area contributed by atoms with Crippen LogP contribution in [0.15, 0.2) is 36.4 Å². The van der Waals surface area contributed by atoms with Crippen molar-refractivity contribution in [3.05, 3.63) is 63.9 Å². The van der Waals surface area contributed by atoms with Gasteiger partial charge in [0.2, 0.25) is 0 Å². The molecule has 0 fully saturated rings. The van der Waals surface area contributed by atoms with Gasteiger partial charge >= 0.3 is 0 Å². The van der Waals surface area contributed by atoms with Gasteiger partial charge in [0.25, 0.3) is 0 Å². The van der Waals surface area contributed by atoms with Gasteiger partial charge in [-0.2, -0.15) is 0 Å². The number of rotatable bonds is 3. The first kappa shape index (κ1) is 12.9. The highest BCUT2D eigenvalue weighted by Crippen LogP contribution is 2.22. The molecular weight excluding hydrogens is 251 g/mol. The smallest absolute Gasteiger partial charge is 0.145 e. The minimum atomic E-state index is -0.462. The van der Waals surface area contributed by atoms with Gasteiger partial charge in [0.15, 0.2) is 0 Å². The number of aryl methyl sites for hydroxylation is 2. The van der Waals surface area contributed by atoms with Gasteiger partial charge in [0.1, 0.15) is 18.2 Å². The monoisotopic (exact) mass is 264 g/mol. The topological polar surface area (TPSA) is 9.23 Å². The molecule has 0 saturated carbocycles. The van der Waals surface area contributed by atoms with Crippen molar-refractivity contribution in [2.24, 2.45) is 0 Å². The number of benzene rings is 2. The predicted molar refractivity (Wildman–Crippen MR) is 71.7 cm³/mol. The SMILES string of the molecule is Cc1cccc(C)c1COc1ccc(Cl)c(F)c1. The summed E-state index contributed by atoms with van der Waals surface area (Å²) in [6.45, 7) is 4.50. The van der Waals surface area contributed by atoms with E-state index in [-0.39, 0.29) is 5.02 Å². The fraction of sp³-hybridized carbons (Fsp3) is 0.200. The third-order valence-electron chi connectivity index (χ3n) is 2.92. The number of halogens is 2. The van der Waals surface area contributed by atoms with Crippen molar-refractivity contribution >= 4 is 11.6 Å². The van der Waals surface area contributed by atoms with Gasteiger partial charge in [0.05, 0.1) is 5.02 Å². The number of hydrogen-bond donors (Lipinski definition) is 0. The molecule has 0 spiro atoms. The molecule has 2 aromatic carbocycles. The molecule has 0 bridgehead atoms. The highest BCUT2D eigenvalue weighted by atomic mass is 35.5. The molecule has 0 radical (unpaired) electrons. The summed E-state index contributed by atoms with van der Waals surface area (Å²) in [5, 5.41) is 0.106. The van der Waals surface area contributed by atoms with Crippen LogP contribution in [-0.2, 0) is 6.61 Å². The molecule has 2 aromatic rings. The van der Waals surface area contributed by atoms with E-state index in [2.05, 4.69) is 0 Å². The van der Waals surface area contributed by atoms with Crippen LogP contribution in [-0.4, -0.2) is 0 Å². The molecule has 0 saturated heterocycles. The minimum Gasteiger partial charge on any atom is -0.489 e. The fourth-order valence-electron chi connectivity index (χ4n) is 1.80. The van der Waals surface area contributed by atoms with E-state index < -0.39 is 5.82 Å². The Kier molecular flexibility index (Phi) is 3.87. The van der Waals surface area contributed by atoms with Gasteiger partial charge in [-0.05, 0) is 42.7 Å². The van der Waals surface area contributed by atoms with Crippen LogP contribution in [0.1, 0.15) is 16.7 Å². The summed E-state index contributed by atoms with van der Waals surface area (Å²) < 4.78 is 18.8. The molecule has 0 N–H and O–H groups in total. The Labute approximate surface area is 111 Å².